The number of rotatable bonds is 1. The number of fused-ring (bicyclic) bond motifs is 35. The molecular formula is C78H51N18O5S2+5. The molecule has 21 aromatic rings. The van der Waals surface area contributed by atoms with Crippen LogP contribution in [-0.2, 0) is 46.7 Å². The Labute approximate surface area is 591 Å². The third-order valence-electron chi connectivity index (χ3n) is 19.7. The number of aryl methyl sites for hydroxylation is 2. The van der Waals surface area contributed by atoms with Gasteiger partial charge in [-0.25, -0.2) is 24.9 Å². The molecule has 0 atom stereocenters. The number of hydrogen-bond donors (Lipinski definition) is 0. The van der Waals surface area contributed by atoms with Crippen molar-refractivity contribution in [2.75, 3.05) is 0 Å². The lowest BCUT2D eigenvalue weighted by molar-refractivity contribution is -0.649. The third kappa shape index (κ3) is 8.44. The van der Waals surface area contributed by atoms with Gasteiger partial charge in [0.2, 0.25) is 0 Å². The van der Waals surface area contributed by atoms with Crippen LogP contribution in [0.2, 0.25) is 0 Å². The standard InChI is InChI=1S/C20H13N4O.2C15H11N4O.C14H8N3O2.C14H8N3S2/c1-2-6-13(7-3-1)24-16-9-5-11-22-17(16)18-20(24)25-19-14-8-4-10-21-15(14)12-23(18)19;2*1-18-11-5-3-7-17-12(11)13-15(18)20-14-9-4-2-6-16-10(9)8-19(13)14;2*1-3-8-9(15-5-1)7-17-12-11-10(4-2-6-16-11)18-14(12)19-13(8)17/h1-11H,12H2;2*2-7H,8H2,1H3;2*1-6H,7H2/q5*+1/i;1D3;;;. The molecule has 0 fully saturated rings. The van der Waals surface area contributed by atoms with Crippen LogP contribution in [0.5, 0.6) is 0 Å². The number of thiazole rings is 1. The largest absolute Gasteiger partial charge is 0.418 e. The molecule has 0 unspecified atom stereocenters. The van der Waals surface area contributed by atoms with E-state index in [-0.39, 0.29) is 0 Å². The van der Waals surface area contributed by atoms with Crippen molar-refractivity contribution < 1.29 is 49.0 Å². The van der Waals surface area contributed by atoms with Gasteiger partial charge in [0.1, 0.15) is 50.7 Å². The van der Waals surface area contributed by atoms with Crippen LogP contribution < -0.4 is 22.8 Å². The fourth-order valence-electron chi connectivity index (χ4n) is 15.2. The summed E-state index contributed by atoms with van der Waals surface area (Å²) in [7, 11) is 2.01. The molecule has 5 aliphatic heterocycles. The Hall–Kier alpha value is -13.4. The minimum atomic E-state index is -2.34. The second kappa shape index (κ2) is 22.1. The van der Waals surface area contributed by atoms with Crippen molar-refractivity contribution in [1.82, 2.24) is 63.5 Å². The molecular weight excluding hydrogens is 1330 g/mol. The van der Waals surface area contributed by atoms with Crippen LogP contribution in [0.15, 0.2) is 236 Å². The van der Waals surface area contributed by atoms with Gasteiger partial charge >= 0.3 is 34.9 Å². The maximum absolute atomic E-state index is 7.84. The topological polar surface area (TPSA) is 229 Å². The van der Waals surface area contributed by atoms with Crippen molar-refractivity contribution in [1.29, 1.82) is 0 Å². The van der Waals surface area contributed by atoms with Gasteiger partial charge in [0, 0.05) is 85.8 Å². The molecule has 0 radical (unpaired) electrons. The smallest absolute Gasteiger partial charge is 0.386 e. The van der Waals surface area contributed by atoms with Crippen LogP contribution >= 0.6 is 22.7 Å². The van der Waals surface area contributed by atoms with Crippen LogP contribution in [0.25, 0.3) is 171 Å². The Kier molecular flexibility index (Phi) is 11.7. The molecule has 0 spiro atoms. The number of thiophene rings is 1. The van der Waals surface area contributed by atoms with E-state index in [1.807, 2.05) is 162 Å². The molecule has 25 heterocycles. The van der Waals surface area contributed by atoms with Crippen molar-refractivity contribution in [2.24, 2.45) is 14.0 Å². The first-order chi connectivity index (χ1) is 52.1. The number of hydrogen-bond acceptors (Lipinski definition) is 17. The number of benzene rings is 1. The van der Waals surface area contributed by atoms with Crippen molar-refractivity contribution in [3.63, 3.8) is 0 Å². The lowest BCUT2D eigenvalue weighted by atomic mass is 10.2. The van der Waals surface area contributed by atoms with Gasteiger partial charge in [-0.2, -0.15) is 4.57 Å². The van der Waals surface area contributed by atoms with E-state index in [1.165, 1.54) is 35.1 Å². The summed E-state index contributed by atoms with van der Waals surface area (Å²) in [6, 6.07) is 49.6. The SMILES string of the molecule is Cn1c2cccnc2c2c1oc1[n+]2Cc2ncccc2-1.[2H]C([2H])([2H])n1c2cccnc2c2c1oc1[n+]2Cc2ncccc2-1.c1ccc(-n2c3cccnc3c3c2oc2[n+]3Cc3ncccc3-2)cc1.c1cnc2c(c1)-c1oc3oc4cccnc4c3[n+]1C2.c1cnc2c(c1)-c1sc3sc4cccnc4c3[n+]1C2. The van der Waals surface area contributed by atoms with E-state index in [1.54, 1.807) is 36.9 Å². The zero-order valence-corrected chi connectivity index (χ0v) is 55.8. The average molecular weight is 1390 g/mol. The fourth-order valence-corrected chi connectivity index (χ4v) is 17.8. The predicted molar refractivity (Wildman–Crippen MR) is 383 cm³/mol. The van der Waals surface area contributed by atoms with Crippen LogP contribution in [-0.4, -0.2) is 63.5 Å². The zero-order valence-electron chi connectivity index (χ0n) is 57.2. The van der Waals surface area contributed by atoms with Gasteiger partial charge in [-0.05, 0) is 133 Å². The van der Waals surface area contributed by atoms with E-state index >= 15 is 0 Å². The van der Waals surface area contributed by atoms with Gasteiger partial charge in [-0.1, -0.05) is 29.5 Å². The molecule has 0 amide bonds. The highest BCUT2D eigenvalue weighted by Crippen LogP contribution is 2.43. The van der Waals surface area contributed by atoms with Crippen molar-refractivity contribution in [3.05, 3.63) is 242 Å². The van der Waals surface area contributed by atoms with E-state index in [2.05, 4.69) is 126 Å². The number of furan rings is 1. The number of pyridine rings is 10. The molecule has 490 valence electrons. The highest BCUT2D eigenvalue weighted by molar-refractivity contribution is 7.42. The molecule has 0 saturated heterocycles. The summed E-state index contributed by atoms with van der Waals surface area (Å²) < 4.78 is 72.3. The minimum Gasteiger partial charge on any atom is -0.418 e. The summed E-state index contributed by atoms with van der Waals surface area (Å²) in [6.45, 7) is 1.23. The van der Waals surface area contributed by atoms with Gasteiger partial charge in [-0.15, -0.1) is 29.6 Å². The van der Waals surface area contributed by atoms with Crippen LogP contribution in [0.3, 0.4) is 0 Å². The lowest BCUT2D eigenvalue weighted by Gasteiger charge is -2.03. The van der Waals surface area contributed by atoms with Crippen LogP contribution in [0.1, 0.15) is 32.6 Å². The summed E-state index contributed by atoms with van der Waals surface area (Å²) >= 11 is 3.69. The van der Waals surface area contributed by atoms with E-state index in [0.29, 0.717) is 53.6 Å². The Bertz CT molecular complexity index is 7100. The number of oxazole rings is 4. The molecule has 103 heavy (non-hydrogen) atoms. The number of aromatic nitrogens is 18. The average Bonchev–Trinajstić information content (AvgIpc) is 1.57. The minimum absolute atomic E-state index is 0.322. The van der Waals surface area contributed by atoms with E-state index in [9.17, 15) is 0 Å². The Morgan fingerprint density at radius 1 is 0.350 bits per heavy atom. The van der Waals surface area contributed by atoms with E-state index in [0.717, 1.165) is 148 Å². The molecule has 25 heteroatoms. The Morgan fingerprint density at radius 3 is 1.34 bits per heavy atom. The molecule has 26 rings (SSSR count). The zero-order chi connectivity index (χ0) is 70.2. The van der Waals surface area contributed by atoms with Gasteiger partial charge in [0.05, 0.1) is 26.8 Å². The highest BCUT2D eigenvalue weighted by Gasteiger charge is 2.43. The van der Waals surface area contributed by atoms with Crippen LogP contribution in [0, 0.1) is 0 Å². The van der Waals surface area contributed by atoms with E-state index in [4.69, 9.17) is 26.2 Å². The summed E-state index contributed by atoms with van der Waals surface area (Å²) in [4.78, 5) is 44.7. The molecule has 0 bridgehead atoms. The normalized spacial score (nSPS) is 13.5. The Balaban J connectivity index is 0.0000000830. The van der Waals surface area contributed by atoms with Gasteiger partial charge in [0.15, 0.2) is 69.9 Å². The first kappa shape index (κ1) is 54.5. The summed E-state index contributed by atoms with van der Waals surface area (Å²) in [6.07, 6.45) is 18.0. The predicted octanol–water partition coefficient (Wildman–Crippen LogP) is 13.1. The molecule has 0 N–H and O–H groups in total. The maximum Gasteiger partial charge on any atom is 0.386 e. The van der Waals surface area contributed by atoms with Crippen molar-refractivity contribution in [2.45, 2.75) is 32.7 Å². The molecule has 5 aliphatic rings. The second-order valence-electron chi connectivity index (χ2n) is 25.3. The molecule has 20 aromatic heterocycles. The maximum atomic E-state index is 7.84. The van der Waals surface area contributed by atoms with Crippen molar-refractivity contribution >= 4 is 132 Å². The number of para-hydroxylation sites is 1. The molecule has 23 nitrogen and oxygen atoms in total. The molecule has 0 saturated carbocycles. The summed E-state index contributed by atoms with van der Waals surface area (Å²) in [5, 5.41) is 1.32. The van der Waals surface area contributed by atoms with Gasteiger partial charge in [-0.3, -0.25) is 29.5 Å². The Morgan fingerprint density at radius 2 is 0.767 bits per heavy atom. The fraction of sp³-hybridized carbons (Fsp3) is 0.0897. The van der Waals surface area contributed by atoms with E-state index < -0.39 is 6.98 Å². The lowest BCUT2D eigenvalue weighted by Crippen LogP contribution is -2.30. The van der Waals surface area contributed by atoms with Gasteiger partial charge < -0.3 is 31.2 Å². The monoisotopic (exact) mass is 1390 g/mol. The summed E-state index contributed by atoms with van der Waals surface area (Å²) in [5.74, 6) is 3.68. The van der Waals surface area contributed by atoms with Crippen molar-refractivity contribution in [3.8, 4) is 62.1 Å². The van der Waals surface area contributed by atoms with Crippen LogP contribution in [0.4, 0.5) is 0 Å². The summed E-state index contributed by atoms with van der Waals surface area (Å²) in [5.41, 5.74) is 26.5. The third-order valence-corrected chi connectivity index (χ3v) is 22.1. The first-order valence-corrected chi connectivity index (χ1v) is 34.8. The molecule has 1 aromatic carbocycles. The van der Waals surface area contributed by atoms with Gasteiger partial charge in [0.25, 0.3) is 44.2 Å². The number of nitrogens with zero attached hydrogens (tertiary/aromatic N) is 18. The quantitative estimate of drug-likeness (QED) is 0.139. The highest BCUT2D eigenvalue weighted by atomic mass is 32.2. The first-order valence-electron chi connectivity index (χ1n) is 34.7. The second-order valence-corrected chi connectivity index (χ2v) is 27.6. The molecule has 0 aliphatic carbocycles.